The van der Waals surface area contributed by atoms with Crippen LogP contribution >= 0.6 is 0 Å². The first-order valence-electron chi connectivity index (χ1n) is 6.21. The van der Waals surface area contributed by atoms with Gasteiger partial charge in [-0.2, -0.15) is 5.06 Å². The Kier molecular flexibility index (Phi) is 7.20. The highest BCUT2D eigenvalue weighted by Crippen LogP contribution is 2.22. The minimum atomic E-state index is 0.306. The van der Waals surface area contributed by atoms with E-state index in [2.05, 4.69) is 34.6 Å². The number of nitrogens with zero attached hydrogens (tertiary/aromatic N) is 1. The second kappa shape index (κ2) is 7.24. The van der Waals surface area contributed by atoms with E-state index < -0.39 is 0 Å². The standard InChI is InChI=1S/C13H29NO/c1-7-9-13(4,5)11-15-14(6)10-8-12(2)3/h12H,7-11H2,1-6H3. The Bertz CT molecular complexity index is 155. The molecule has 0 unspecified atom stereocenters. The van der Waals surface area contributed by atoms with Gasteiger partial charge >= 0.3 is 0 Å². The fraction of sp³-hybridized carbons (Fsp3) is 1.00. The molecule has 0 aliphatic carbocycles. The molecule has 0 radical (unpaired) electrons. The molecule has 2 heteroatoms. The summed E-state index contributed by atoms with van der Waals surface area (Å²) in [6, 6.07) is 0. The number of hydroxylamine groups is 2. The quantitative estimate of drug-likeness (QED) is 0.572. The van der Waals surface area contributed by atoms with E-state index in [1.807, 2.05) is 12.1 Å². The topological polar surface area (TPSA) is 12.5 Å². The molecule has 0 saturated heterocycles. The molecule has 0 heterocycles. The van der Waals surface area contributed by atoms with Crippen molar-refractivity contribution in [2.24, 2.45) is 11.3 Å². The van der Waals surface area contributed by atoms with Crippen LogP contribution in [0.2, 0.25) is 0 Å². The molecule has 0 aliphatic heterocycles. The minimum absolute atomic E-state index is 0.306. The molecule has 0 saturated carbocycles. The molecule has 2 nitrogen and oxygen atoms in total. The maximum absolute atomic E-state index is 5.74. The highest BCUT2D eigenvalue weighted by atomic mass is 16.7. The van der Waals surface area contributed by atoms with Crippen molar-refractivity contribution < 1.29 is 4.84 Å². The van der Waals surface area contributed by atoms with Gasteiger partial charge in [-0.3, -0.25) is 4.84 Å². The second-order valence-corrected chi connectivity index (χ2v) is 5.72. The van der Waals surface area contributed by atoms with E-state index in [-0.39, 0.29) is 0 Å². The lowest BCUT2D eigenvalue weighted by Gasteiger charge is -2.27. The predicted octanol–water partition coefficient (Wildman–Crippen LogP) is 3.72. The van der Waals surface area contributed by atoms with Crippen LogP contribution in [-0.4, -0.2) is 25.3 Å². The Morgan fingerprint density at radius 2 is 1.87 bits per heavy atom. The molecular formula is C13H29NO. The summed E-state index contributed by atoms with van der Waals surface area (Å²) < 4.78 is 0. The van der Waals surface area contributed by atoms with Crippen LogP contribution in [0, 0.1) is 11.3 Å². The van der Waals surface area contributed by atoms with Gasteiger partial charge in [0.25, 0.3) is 0 Å². The van der Waals surface area contributed by atoms with Crippen LogP contribution in [0.3, 0.4) is 0 Å². The fourth-order valence-electron chi connectivity index (χ4n) is 1.54. The summed E-state index contributed by atoms with van der Waals surface area (Å²) in [4.78, 5) is 5.74. The SMILES string of the molecule is CCCC(C)(C)CON(C)CCC(C)C. The van der Waals surface area contributed by atoms with Crippen LogP contribution < -0.4 is 0 Å². The monoisotopic (exact) mass is 215 g/mol. The first-order valence-corrected chi connectivity index (χ1v) is 6.21. The molecule has 0 amide bonds. The molecule has 15 heavy (non-hydrogen) atoms. The third-order valence-corrected chi connectivity index (χ3v) is 2.62. The van der Waals surface area contributed by atoms with Crippen molar-refractivity contribution in [3.05, 3.63) is 0 Å². The summed E-state index contributed by atoms with van der Waals surface area (Å²) in [7, 11) is 2.03. The third-order valence-electron chi connectivity index (χ3n) is 2.62. The van der Waals surface area contributed by atoms with Crippen molar-refractivity contribution in [2.45, 2.75) is 53.9 Å². The van der Waals surface area contributed by atoms with E-state index in [1.54, 1.807) is 0 Å². The van der Waals surface area contributed by atoms with Gasteiger partial charge in [0.05, 0.1) is 6.61 Å². The Labute approximate surface area is 95.9 Å². The summed E-state index contributed by atoms with van der Waals surface area (Å²) >= 11 is 0. The molecule has 0 aromatic carbocycles. The molecule has 0 bridgehead atoms. The first-order chi connectivity index (χ1) is 6.87. The zero-order chi connectivity index (χ0) is 11.9. The van der Waals surface area contributed by atoms with Crippen LogP contribution in [0.1, 0.15) is 53.9 Å². The van der Waals surface area contributed by atoms with Crippen LogP contribution in [0.5, 0.6) is 0 Å². The Morgan fingerprint density at radius 3 is 2.33 bits per heavy atom. The van der Waals surface area contributed by atoms with Crippen molar-refractivity contribution in [1.82, 2.24) is 5.06 Å². The Balaban J connectivity index is 3.65. The summed E-state index contributed by atoms with van der Waals surface area (Å²) in [6.45, 7) is 13.1. The molecule has 0 spiro atoms. The van der Waals surface area contributed by atoms with E-state index >= 15 is 0 Å². The molecule has 92 valence electrons. The molecule has 0 atom stereocenters. The maximum atomic E-state index is 5.74. The average molecular weight is 215 g/mol. The van der Waals surface area contributed by atoms with Gasteiger partial charge in [0, 0.05) is 13.6 Å². The lowest BCUT2D eigenvalue weighted by Crippen LogP contribution is -2.28. The van der Waals surface area contributed by atoms with E-state index in [9.17, 15) is 0 Å². The van der Waals surface area contributed by atoms with Crippen LogP contribution in [-0.2, 0) is 4.84 Å². The van der Waals surface area contributed by atoms with Gasteiger partial charge in [-0.1, -0.05) is 41.0 Å². The van der Waals surface area contributed by atoms with Crippen LogP contribution in [0.15, 0.2) is 0 Å². The van der Waals surface area contributed by atoms with Crippen molar-refractivity contribution in [1.29, 1.82) is 0 Å². The maximum Gasteiger partial charge on any atom is 0.0735 e. The second-order valence-electron chi connectivity index (χ2n) is 5.72. The molecular weight excluding hydrogens is 186 g/mol. The van der Waals surface area contributed by atoms with Crippen molar-refractivity contribution in [3.63, 3.8) is 0 Å². The average Bonchev–Trinajstić information content (AvgIpc) is 2.11. The summed E-state index contributed by atoms with van der Waals surface area (Å²) in [5.74, 6) is 0.750. The van der Waals surface area contributed by atoms with Crippen molar-refractivity contribution >= 4 is 0 Å². The van der Waals surface area contributed by atoms with Crippen molar-refractivity contribution in [3.8, 4) is 0 Å². The van der Waals surface area contributed by atoms with Gasteiger partial charge < -0.3 is 0 Å². The normalized spacial score (nSPS) is 12.8. The lowest BCUT2D eigenvalue weighted by molar-refractivity contribution is -0.165. The van der Waals surface area contributed by atoms with E-state index in [0.717, 1.165) is 19.1 Å². The van der Waals surface area contributed by atoms with Crippen LogP contribution in [0.4, 0.5) is 0 Å². The molecule has 0 aliphatic rings. The highest BCUT2D eigenvalue weighted by molar-refractivity contribution is 4.66. The van der Waals surface area contributed by atoms with Gasteiger partial charge in [0.1, 0.15) is 0 Å². The Hall–Kier alpha value is -0.0800. The van der Waals surface area contributed by atoms with Gasteiger partial charge in [0.15, 0.2) is 0 Å². The molecule has 0 aromatic rings. The molecule has 0 N–H and O–H groups in total. The first kappa shape index (κ1) is 14.9. The van der Waals surface area contributed by atoms with Gasteiger partial charge in [-0.05, 0) is 24.2 Å². The fourth-order valence-corrected chi connectivity index (χ4v) is 1.54. The predicted molar refractivity (Wildman–Crippen MR) is 66.7 cm³/mol. The number of hydrogen-bond acceptors (Lipinski definition) is 2. The molecule has 0 rings (SSSR count). The number of rotatable bonds is 8. The van der Waals surface area contributed by atoms with Crippen molar-refractivity contribution in [2.75, 3.05) is 20.2 Å². The van der Waals surface area contributed by atoms with Crippen LogP contribution in [0.25, 0.3) is 0 Å². The smallest absolute Gasteiger partial charge is 0.0735 e. The van der Waals surface area contributed by atoms with E-state index in [0.29, 0.717) is 5.41 Å². The summed E-state index contributed by atoms with van der Waals surface area (Å²) in [6.07, 6.45) is 3.65. The molecule has 0 fully saturated rings. The van der Waals surface area contributed by atoms with Gasteiger partial charge in [-0.25, -0.2) is 0 Å². The lowest BCUT2D eigenvalue weighted by atomic mass is 9.89. The number of hydrogen-bond donors (Lipinski definition) is 0. The Morgan fingerprint density at radius 1 is 1.27 bits per heavy atom. The highest BCUT2D eigenvalue weighted by Gasteiger charge is 2.17. The zero-order valence-corrected chi connectivity index (χ0v) is 11.5. The summed E-state index contributed by atoms with van der Waals surface area (Å²) in [5.41, 5.74) is 0.306. The summed E-state index contributed by atoms with van der Waals surface area (Å²) in [5, 5.41) is 1.98. The minimum Gasteiger partial charge on any atom is -0.299 e. The molecule has 0 aromatic heterocycles. The van der Waals surface area contributed by atoms with Gasteiger partial charge in [0.2, 0.25) is 0 Å². The zero-order valence-electron chi connectivity index (χ0n) is 11.5. The van der Waals surface area contributed by atoms with E-state index in [4.69, 9.17) is 4.84 Å². The van der Waals surface area contributed by atoms with Gasteiger partial charge in [-0.15, -0.1) is 0 Å². The third kappa shape index (κ3) is 8.88. The largest absolute Gasteiger partial charge is 0.299 e. The van der Waals surface area contributed by atoms with E-state index in [1.165, 1.54) is 19.3 Å².